The van der Waals surface area contributed by atoms with Crippen LogP contribution in [0.4, 0.5) is 0 Å². The number of unbranched alkanes of at least 4 members (excludes halogenated alkanes) is 9. The zero-order chi connectivity index (χ0) is 15.2. The molecule has 126 valence electrons. The molecular formula is C19H39NO. The second-order valence-electron chi connectivity index (χ2n) is 7.18. The predicted octanol–water partition coefficient (Wildman–Crippen LogP) is 4.87. The van der Waals surface area contributed by atoms with E-state index >= 15 is 0 Å². The van der Waals surface area contributed by atoms with Crippen LogP contribution in [-0.4, -0.2) is 13.1 Å². The van der Waals surface area contributed by atoms with Crippen LogP contribution < -0.4 is 5.06 Å². The van der Waals surface area contributed by atoms with Crippen molar-refractivity contribution >= 4 is 0 Å². The molecular weight excluding hydrogens is 258 g/mol. The largest absolute Gasteiger partial charge is 0.634 e. The topological polar surface area (TPSA) is 27.5 Å². The molecule has 1 aliphatic carbocycles. The average molecular weight is 298 g/mol. The lowest BCUT2D eigenvalue weighted by molar-refractivity contribution is -0.852. The fourth-order valence-corrected chi connectivity index (χ4v) is 3.62. The van der Waals surface area contributed by atoms with Crippen molar-refractivity contribution in [3.05, 3.63) is 5.21 Å². The summed E-state index contributed by atoms with van der Waals surface area (Å²) in [4.78, 5) is 0. The standard InChI is InChI=1S/C19H39NO/c1-2-3-4-5-6-7-8-9-10-14-17-20(21)18-19-15-12-11-13-16-19/h19-20H,2-18H2,1H3. The number of hydrogen-bond acceptors (Lipinski definition) is 1. The van der Waals surface area contributed by atoms with Crippen molar-refractivity contribution in [2.75, 3.05) is 13.1 Å². The minimum absolute atomic E-state index is 0.543. The lowest BCUT2D eigenvalue weighted by Gasteiger charge is -2.29. The van der Waals surface area contributed by atoms with Crippen LogP contribution in [0.25, 0.3) is 0 Å². The van der Waals surface area contributed by atoms with Crippen LogP contribution in [-0.2, 0) is 0 Å². The molecule has 0 spiro atoms. The Kier molecular flexibility index (Phi) is 12.3. The van der Waals surface area contributed by atoms with Gasteiger partial charge in [0.1, 0.15) is 0 Å². The van der Waals surface area contributed by atoms with Crippen LogP contribution >= 0.6 is 0 Å². The summed E-state index contributed by atoms with van der Waals surface area (Å²) in [6.07, 6.45) is 20.3. The van der Waals surface area contributed by atoms with Crippen molar-refractivity contribution in [1.29, 1.82) is 0 Å². The molecule has 1 N–H and O–H groups in total. The molecule has 1 rings (SSSR count). The third-order valence-corrected chi connectivity index (χ3v) is 5.05. The van der Waals surface area contributed by atoms with Crippen LogP contribution in [0, 0.1) is 11.1 Å². The van der Waals surface area contributed by atoms with Crippen LogP contribution in [0.5, 0.6) is 0 Å². The first kappa shape index (κ1) is 19.0. The molecule has 21 heavy (non-hydrogen) atoms. The molecule has 0 aromatic carbocycles. The van der Waals surface area contributed by atoms with E-state index in [0.717, 1.165) is 25.4 Å². The molecule has 1 saturated carbocycles. The molecule has 0 radical (unpaired) electrons. The molecule has 1 aliphatic rings. The fourth-order valence-electron chi connectivity index (χ4n) is 3.62. The van der Waals surface area contributed by atoms with Gasteiger partial charge in [0.15, 0.2) is 0 Å². The van der Waals surface area contributed by atoms with Crippen LogP contribution in [0.15, 0.2) is 0 Å². The van der Waals surface area contributed by atoms with E-state index in [2.05, 4.69) is 6.92 Å². The third-order valence-electron chi connectivity index (χ3n) is 5.05. The zero-order valence-corrected chi connectivity index (χ0v) is 14.5. The van der Waals surface area contributed by atoms with E-state index in [-0.39, 0.29) is 0 Å². The third kappa shape index (κ3) is 11.2. The molecule has 0 bridgehead atoms. The Morgan fingerprint density at radius 1 is 0.762 bits per heavy atom. The van der Waals surface area contributed by atoms with E-state index in [0.29, 0.717) is 5.06 Å². The van der Waals surface area contributed by atoms with Crippen molar-refractivity contribution in [2.45, 2.75) is 103 Å². The van der Waals surface area contributed by atoms with E-state index in [1.807, 2.05) is 0 Å². The second-order valence-corrected chi connectivity index (χ2v) is 7.18. The van der Waals surface area contributed by atoms with Crippen molar-refractivity contribution in [3.63, 3.8) is 0 Å². The lowest BCUT2D eigenvalue weighted by atomic mass is 9.89. The Bertz CT molecular complexity index is 214. The SMILES string of the molecule is CCCCCCCCCCCC[NH+]([O-])CC1CCCCC1. The summed E-state index contributed by atoms with van der Waals surface area (Å²) in [7, 11) is 0. The maximum absolute atomic E-state index is 11.9. The highest BCUT2D eigenvalue weighted by molar-refractivity contribution is 4.64. The van der Waals surface area contributed by atoms with Gasteiger partial charge in [-0.25, -0.2) is 0 Å². The molecule has 2 heteroatoms. The van der Waals surface area contributed by atoms with Gasteiger partial charge in [-0.15, -0.1) is 0 Å². The van der Waals surface area contributed by atoms with Gasteiger partial charge in [0.2, 0.25) is 0 Å². The van der Waals surface area contributed by atoms with Crippen molar-refractivity contribution < 1.29 is 5.06 Å². The van der Waals surface area contributed by atoms with E-state index < -0.39 is 0 Å². The fraction of sp³-hybridized carbons (Fsp3) is 1.00. The summed E-state index contributed by atoms with van der Waals surface area (Å²) in [6, 6.07) is 0. The maximum Gasteiger partial charge on any atom is 0.0796 e. The molecule has 1 unspecified atom stereocenters. The Hall–Kier alpha value is -0.0800. The Labute approximate surface area is 133 Å². The summed E-state index contributed by atoms with van der Waals surface area (Å²) in [5.74, 6) is 0.731. The monoisotopic (exact) mass is 297 g/mol. The highest BCUT2D eigenvalue weighted by atomic mass is 16.5. The van der Waals surface area contributed by atoms with E-state index in [4.69, 9.17) is 0 Å². The van der Waals surface area contributed by atoms with E-state index in [1.54, 1.807) is 0 Å². The van der Waals surface area contributed by atoms with Gasteiger partial charge in [-0.1, -0.05) is 77.6 Å². The van der Waals surface area contributed by atoms with Gasteiger partial charge in [0.05, 0.1) is 13.1 Å². The number of quaternary nitrogens is 1. The molecule has 1 fully saturated rings. The van der Waals surface area contributed by atoms with Crippen LogP contribution in [0.2, 0.25) is 0 Å². The minimum Gasteiger partial charge on any atom is -0.634 e. The summed E-state index contributed by atoms with van der Waals surface area (Å²) in [5.41, 5.74) is 0. The molecule has 1 atom stereocenters. The lowest BCUT2D eigenvalue weighted by Crippen LogP contribution is -3.08. The first-order valence-electron chi connectivity index (χ1n) is 9.84. The molecule has 2 nitrogen and oxygen atoms in total. The molecule has 0 aromatic rings. The van der Waals surface area contributed by atoms with Gasteiger partial charge in [-0.2, -0.15) is 0 Å². The second kappa shape index (κ2) is 13.6. The first-order chi connectivity index (χ1) is 10.3. The smallest absolute Gasteiger partial charge is 0.0796 e. The summed E-state index contributed by atoms with van der Waals surface area (Å²) < 4.78 is 0. The summed E-state index contributed by atoms with van der Waals surface area (Å²) >= 11 is 0. The number of hydroxylamine groups is 2. The van der Waals surface area contributed by atoms with E-state index in [9.17, 15) is 5.21 Å². The zero-order valence-electron chi connectivity index (χ0n) is 14.5. The average Bonchev–Trinajstić information content (AvgIpc) is 2.50. The molecule has 0 saturated heterocycles. The van der Waals surface area contributed by atoms with Crippen LogP contribution in [0.1, 0.15) is 103 Å². The van der Waals surface area contributed by atoms with Gasteiger partial charge in [-0.3, -0.25) is 0 Å². The summed E-state index contributed by atoms with van der Waals surface area (Å²) in [6.45, 7) is 4.01. The highest BCUT2D eigenvalue weighted by Crippen LogP contribution is 2.22. The van der Waals surface area contributed by atoms with Crippen LogP contribution in [0.3, 0.4) is 0 Å². The Morgan fingerprint density at radius 2 is 1.29 bits per heavy atom. The normalized spacial score (nSPS) is 18.0. The molecule has 0 amide bonds. The summed E-state index contributed by atoms with van der Waals surface area (Å²) in [5, 5.41) is 12.5. The van der Waals surface area contributed by atoms with Gasteiger partial charge in [0.25, 0.3) is 0 Å². The van der Waals surface area contributed by atoms with Crippen molar-refractivity contribution in [3.8, 4) is 0 Å². The van der Waals surface area contributed by atoms with Gasteiger partial charge in [-0.05, 0) is 25.7 Å². The first-order valence-corrected chi connectivity index (χ1v) is 9.84. The molecule has 0 heterocycles. The minimum atomic E-state index is 0.543. The maximum atomic E-state index is 11.9. The highest BCUT2D eigenvalue weighted by Gasteiger charge is 2.15. The van der Waals surface area contributed by atoms with Gasteiger partial charge >= 0.3 is 0 Å². The molecule has 0 aliphatic heterocycles. The van der Waals surface area contributed by atoms with E-state index in [1.165, 1.54) is 89.9 Å². The quantitative estimate of drug-likeness (QED) is 0.381. The molecule has 0 aromatic heterocycles. The Balaban J connectivity index is 1.80. The number of rotatable bonds is 13. The number of nitrogens with one attached hydrogen (secondary N) is 1. The van der Waals surface area contributed by atoms with Crippen molar-refractivity contribution in [1.82, 2.24) is 0 Å². The van der Waals surface area contributed by atoms with Crippen molar-refractivity contribution in [2.24, 2.45) is 5.92 Å². The predicted molar refractivity (Wildman–Crippen MR) is 92.5 cm³/mol. The Morgan fingerprint density at radius 3 is 1.86 bits per heavy atom. The van der Waals surface area contributed by atoms with Gasteiger partial charge < -0.3 is 10.3 Å². The van der Waals surface area contributed by atoms with Gasteiger partial charge in [0, 0.05) is 5.92 Å². The number of hydrogen-bond donors (Lipinski definition) is 1.